The Labute approximate surface area is 182 Å². The molecule has 168 valence electrons. The zero-order chi connectivity index (χ0) is 23.0. The molecule has 0 bridgehead atoms. The van der Waals surface area contributed by atoms with Crippen molar-refractivity contribution >= 4 is 33.2 Å². The van der Waals surface area contributed by atoms with Gasteiger partial charge in [0.25, 0.3) is 5.91 Å². The van der Waals surface area contributed by atoms with Gasteiger partial charge in [0, 0.05) is 12.6 Å². The number of amides is 2. The number of carbonyl (C=O) groups is 2. The van der Waals surface area contributed by atoms with E-state index >= 15 is 0 Å². The number of sulfonamides is 1. The van der Waals surface area contributed by atoms with Crippen LogP contribution in [-0.4, -0.2) is 53.8 Å². The summed E-state index contributed by atoms with van der Waals surface area (Å²) in [6.45, 7) is 1.95. The molecule has 10 heteroatoms. The number of para-hydroxylation sites is 1. The largest absolute Gasteiger partial charge is 0.493 e. The summed E-state index contributed by atoms with van der Waals surface area (Å²) in [6, 6.07) is 11.1. The third-order valence-corrected chi connectivity index (χ3v) is 5.46. The molecule has 0 aliphatic heterocycles. The van der Waals surface area contributed by atoms with Gasteiger partial charge >= 0.3 is 0 Å². The molecule has 0 unspecified atom stereocenters. The average Bonchev–Trinajstić information content (AvgIpc) is 2.74. The predicted molar refractivity (Wildman–Crippen MR) is 119 cm³/mol. The van der Waals surface area contributed by atoms with Gasteiger partial charge in [0.05, 0.1) is 37.4 Å². The summed E-state index contributed by atoms with van der Waals surface area (Å²) < 4.78 is 36.1. The van der Waals surface area contributed by atoms with Gasteiger partial charge in [-0.05, 0) is 30.7 Å². The highest BCUT2D eigenvalue weighted by Crippen LogP contribution is 2.32. The van der Waals surface area contributed by atoms with E-state index < -0.39 is 22.5 Å². The number of anilines is 2. The fourth-order valence-electron chi connectivity index (χ4n) is 2.82. The van der Waals surface area contributed by atoms with Crippen molar-refractivity contribution in [3.05, 3.63) is 48.0 Å². The van der Waals surface area contributed by atoms with Crippen LogP contribution in [-0.2, 0) is 14.8 Å². The van der Waals surface area contributed by atoms with E-state index in [2.05, 4.69) is 10.6 Å². The number of rotatable bonds is 10. The van der Waals surface area contributed by atoms with Crippen molar-refractivity contribution in [1.29, 1.82) is 0 Å². The molecule has 0 aromatic heterocycles. The Hall–Kier alpha value is -3.27. The van der Waals surface area contributed by atoms with Crippen molar-refractivity contribution in [2.24, 2.45) is 0 Å². The second kappa shape index (κ2) is 10.7. The van der Waals surface area contributed by atoms with Crippen LogP contribution in [0.1, 0.15) is 23.7 Å². The molecule has 0 atom stereocenters. The predicted octanol–water partition coefficient (Wildman–Crippen LogP) is 2.25. The Balaban J connectivity index is 2.27. The lowest BCUT2D eigenvalue weighted by atomic mass is 10.1. The van der Waals surface area contributed by atoms with Gasteiger partial charge in [-0.15, -0.1) is 0 Å². The monoisotopic (exact) mass is 449 g/mol. The van der Waals surface area contributed by atoms with Gasteiger partial charge in [-0.3, -0.25) is 13.9 Å². The molecule has 2 aromatic carbocycles. The van der Waals surface area contributed by atoms with Gasteiger partial charge in [-0.2, -0.15) is 0 Å². The van der Waals surface area contributed by atoms with E-state index in [-0.39, 0.29) is 11.6 Å². The fourth-order valence-corrected chi connectivity index (χ4v) is 3.67. The SMILES string of the molecule is CCCNC(=O)c1ccccc1NC(=O)CN(c1ccc(OC)c(OC)c1)S(C)(=O)=O. The summed E-state index contributed by atoms with van der Waals surface area (Å²) in [5.41, 5.74) is 0.826. The maximum absolute atomic E-state index is 12.7. The first-order valence-electron chi connectivity index (χ1n) is 9.58. The van der Waals surface area contributed by atoms with Crippen molar-refractivity contribution in [2.45, 2.75) is 13.3 Å². The molecular weight excluding hydrogens is 422 g/mol. The second-order valence-electron chi connectivity index (χ2n) is 6.66. The first-order chi connectivity index (χ1) is 14.7. The minimum absolute atomic E-state index is 0.240. The molecule has 2 amide bonds. The van der Waals surface area contributed by atoms with Crippen molar-refractivity contribution < 1.29 is 27.5 Å². The minimum atomic E-state index is -3.79. The number of nitrogens with one attached hydrogen (secondary N) is 2. The molecule has 2 N–H and O–H groups in total. The van der Waals surface area contributed by atoms with Gasteiger partial charge in [0.1, 0.15) is 6.54 Å². The van der Waals surface area contributed by atoms with Gasteiger partial charge in [0.15, 0.2) is 11.5 Å². The highest BCUT2D eigenvalue weighted by molar-refractivity contribution is 7.92. The number of benzene rings is 2. The van der Waals surface area contributed by atoms with Crippen molar-refractivity contribution in [3.8, 4) is 11.5 Å². The van der Waals surface area contributed by atoms with Crippen LogP contribution in [0.25, 0.3) is 0 Å². The summed E-state index contributed by atoms with van der Waals surface area (Å²) in [7, 11) is -0.896. The summed E-state index contributed by atoms with van der Waals surface area (Å²) in [5, 5.41) is 5.38. The van der Waals surface area contributed by atoms with E-state index in [1.54, 1.807) is 30.3 Å². The minimum Gasteiger partial charge on any atom is -0.493 e. The Morgan fingerprint density at radius 2 is 1.71 bits per heavy atom. The van der Waals surface area contributed by atoms with Crippen molar-refractivity contribution in [1.82, 2.24) is 5.32 Å². The van der Waals surface area contributed by atoms with Crippen molar-refractivity contribution in [2.75, 3.05) is 43.2 Å². The topological polar surface area (TPSA) is 114 Å². The number of ether oxygens (including phenoxy) is 2. The fraction of sp³-hybridized carbons (Fsp3) is 0.333. The normalized spacial score (nSPS) is 10.8. The van der Waals surface area contributed by atoms with Crippen LogP contribution in [0.3, 0.4) is 0 Å². The number of nitrogens with zero attached hydrogens (tertiary/aromatic N) is 1. The first-order valence-corrected chi connectivity index (χ1v) is 11.4. The van der Waals surface area contributed by atoms with Gasteiger partial charge < -0.3 is 20.1 Å². The van der Waals surface area contributed by atoms with E-state index in [0.717, 1.165) is 17.0 Å². The third-order valence-electron chi connectivity index (χ3n) is 4.32. The van der Waals surface area contributed by atoms with Crippen LogP contribution < -0.4 is 24.4 Å². The Kier molecular flexibility index (Phi) is 8.26. The lowest BCUT2D eigenvalue weighted by molar-refractivity contribution is -0.114. The van der Waals surface area contributed by atoms with E-state index in [1.807, 2.05) is 6.92 Å². The summed E-state index contributed by atoms with van der Waals surface area (Å²) in [4.78, 5) is 25.0. The molecule has 0 saturated carbocycles. The second-order valence-corrected chi connectivity index (χ2v) is 8.57. The molecule has 0 radical (unpaired) electrons. The molecule has 31 heavy (non-hydrogen) atoms. The highest BCUT2D eigenvalue weighted by Gasteiger charge is 2.23. The molecule has 2 aromatic rings. The summed E-state index contributed by atoms with van der Waals surface area (Å²) in [6.07, 6.45) is 1.78. The maximum Gasteiger partial charge on any atom is 0.253 e. The van der Waals surface area contributed by atoms with E-state index in [1.165, 1.54) is 26.4 Å². The van der Waals surface area contributed by atoms with Crippen LogP contribution in [0.4, 0.5) is 11.4 Å². The van der Waals surface area contributed by atoms with E-state index in [4.69, 9.17) is 9.47 Å². The highest BCUT2D eigenvalue weighted by atomic mass is 32.2. The molecule has 9 nitrogen and oxygen atoms in total. The van der Waals surface area contributed by atoms with E-state index in [0.29, 0.717) is 29.3 Å². The van der Waals surface area contributed by atoms with Crippen LogP contribution in [0.5, 0.6) is 11.5 Å². The molecule has 0 aliphatic rings. The Bertz CT molecular complexity index is 1040. The zero-order valence-electron chi connectivity index (χ0n) is 18.0. The number of hydrogen-bond donors (Lipinski definition) is 2. The summed E-state index contributed by atoms with van der Waals surface area (Å²) in [5.74, 6) is -0.170. The van der Waals surface area contributed by atoms with Crippen LogP contribution in [0.2, 0.25) is 0 Å². The van der Waals surface area contributed by atoms with Gasteiger partial charge in [-0.1, -0.05) is 19.1 Å². The molecule has 0 fully saturated rings. The molecule has 0 saturated heterocycles. The molecule has 2 rings (SSSR count). The van der Waals surface area contributed by atoms with Gasteiger partial charge in [0.2, 0.25) is 15.9 Å². The molecular formula is C21H27N3O6S. The lowest BCUT2D eigenvalue weighted by Gasteiger charge is -2.23. The first kappa shape index (κ1) is 24.0. The number of methoxy groups -OCH3 is 2. The average molecular weight is 450 g/mol. The van der Waals surface area contributed by atoms with Crippen molar-refractivity contribution in [3.63, 3.8) is 0 Å². The molecule has 0 spiro atoms. The zero-order valence-corrected chi connectivity index (χ0v) is 18.8. The standard InChI is InChI=1S/C21H27N3O6S/c1-5-12-22-21(26)16-8-6-7-9-17(16)23-20(25)14-24(31(4,27)28)15-10-11-18(29-2)19(13-15)30-3/h6-11,13H,5,12,14H2,1-4H3,(H,22,26)(H,23,25). The summed E-state index contributed by atoms with van der Waals surface area (Å²) >= 11 is 0. The molecule has 0 heterocycles. The number of hydrogen-bond acceptors (Lipinski definition) is 6. The smallest absolute Gasteiger partial charge is 0.253 e. The quantitative estimate of drug-likeness (QED) is 0.575. The van der Waals surface area contributed by atoms with Crippen LogP contribution in [0, 0.1) is 0 Å². The van der Waals surface area contributed by atoms with Gasteiger partial charge in [-0.25, -0.2) is 8.42 Å². The molecule has 0 aliphatic carbocycles. The van der Waals surface area contributed by atoms with Crippen LogP contribution in [0.15, 0.2) is 42.5 Å². The maximum atomic E-state index is 12.7. The number of carbonyl (C=O) groups excluding carboxylic acids is 2. The lowest BCUT2D eigenvalue weighted by Crippen LogP contribution is -2.37. The third kappa shape index (κ3) is 6.35. The Morgan fingerprint density at radius 3 is 2.32 bits per heavy atom. The van der Waals surface area contributed by atoms with Crippen LogP contribution >= 0.6 is 0 Å². The van der Waals surface area contributed by atoms with E-state index in [9.17, 15) is 18.0 Å². The Morgan fingerprint density at radius 1 is 1.03 bits per heavy atom.